The summed E-state index contributed by atoms with van der Waals surface area (Å²) in [6.45, 7) is 5.35. The Hall–Kier alpha value is -3.22. The van der Waals surface area contributed by atoms with Gasteiger partial charge in [0.25, 0.3) is 0 Å². The van der Waals surface area contributed by atoms with Crippen molar-refractivity contribution < 1.29 is 28.9 Å². The molecule has 2 atom stereocenters. The normalized spacial score (nSPS) is 18.1. The molecule has 0 saturated heterocycles. The molecule has 1 aliphatic rings. The lowest BCUT2D eigenvalue weighted by Crippen LogP contribution is -2.43. The summed E-state index contributed by atoms with van der Waals surface area (Å²) in [6.07, 6.45) is -1.14. The van der Waals surface area contributed by atoms with Crippen LogP contribution >= 0.6 is 0 Å². The van der Waals surface area contributed by atoms with Crippen LogP contribution in [0.25, 0.3) is 0 Å². The standard InChI is InChI=1S/C23H27NO6/c1-23(2,3)30-21(26)24-20-18(13-12-16-10-7-11-17(25)19(16)20)29-22(27)28-14-15-8-5-4-6-9-15/h4-11,18,20,25H,12-14H2,1-3H3,(H,24,26)/t18-,20?/m0/s1. The van der Waals surface area contributed by atoms with E-state index < -0.39 is 30.0 Å². The molecule has 1 unspecified atom stereocenters. The van der Waals surface area contributed by atoms with Gasteiger partial charge in [-0.1, -0.05) is 42.5 Å². The third-order valence-corrected chi connectivity index (χ3v) is 4.67. The Morgan fingerprint density at radius 3 is 2.53 bits per heavy atom. The highest BCUT2D eigenvalue weighted by Crippen LogP contribution is 2.37. The molecule has 2 N–H and O–H groups in total. The molecule has 0 fully saturated rings. The van der Waals surface area contributed by atoms with Crippen LogP contribution in [0.2, 0.25) is 0 Å². The Kier molecular flexibility index (Phi) is 6.50. The Balaban J connectivity index is 1.73. The molecule has 0 heterocycles. The number of rotatable bonds is 4. The van der Waals surface area contributed by atoms with Crippen molar-refractivity contribution in [1.29, 1.82) is 0 Å². The highest BCUT2D eigenvalue weighted by atomic mass is 16.7. The third kappa shape index (κ3) is 5.65. The largest absolute Gasteiger partial charge is 0.508 e. The first kappa shape index (κ1) is 21.5. The van der Waals surface area contributed by atoms with Crippen LogP contribution in [-0.2, 0) is 27.2 Å². The van der Waals surface area contributed by atoms with Crippen LogP contribution in [-0.4, -0.2) is 29.1 Å². The zero-order valence-electron chi connectivity index (χ0n) is 17.4. The van der Waals surface area contributed by atoms with E-state index in [-0.39, 0.29) is 12.4 Å². The van der Waals surface area contributed by atoms with Gasteiger partial charge < -0.3 is 24.6 Å². The van der Waals surface area contributed by atoms with Crippen molar-refractivity contribution in [1.82, 2.24) is 5.32 Å². The molecule has 2 aromatic rings. The first-order valence-corrected chi connectivity index (χ1v) is 9.90. The Morgan fingerprint density at radius 2 is 1.83 bits per heavy atom. The molecule has 0 radical (unpaired) electrons. The molecule has 160 valence electrons. The zero-order chi connectivity index (χ0) is 21.7. The van der Waals surface area contributed by atoms with Crippen LogP contribution in [0, 0.1) is 0 Å². The van der Waals surface area contributed by atoms with Gasteiger partial charge >= 0.3 is 12.2 Å². The number of aromatic hydroxyl groups is 1. The summed E-state index contributed by atoms with van der Waals surface area (Å²) in [5.74, 6) is 0.0273. The van der Waals surface area contributed by atoms with Crippen molar-refractivity contribution in [3.63, 3.8) is 0 Å². The second-order valence-corrected chi connectivity index (χ2v) is 8.19. The number of benzene rings is 2. The maximum Gasteiger partial charge on any atom is 0.508 e. The smallest absolute Gasteiger partial charge is 0.508 e. The molecule has 3 rings (SSSR count). The molecule has 0 aromatic heterocycles. The summed E-state index contributed by atoms with van der Waals surface area (Å²) in [5.41, 5.74) is 1.55. The van der Waals surface area contributed by atoms with Crippen molar-refractivity contribution in [2.75, 3.05) is 0 Å². The van der Waals surface area contributed by atoms with E-state index in [0.717, 1.165) is 11.1 Å². The fraction of sp³-hybridized carbons (Fsp3) is 0.391. The van der Waals surface area contributed by atoms with Gasteiger partial charge in [-0.15, -0.1) is 0 Å². The molecule has 0 spiro atoms. The SMILES string of the molecule is CC(C)(C)OC(=O)NC1c2c(O)cccc2CC[C@@H]1OC(=O)OCc1ccccc1. The van der Waals surface area contributed by atoms with E-state index in [0.29, 0.717) is 18.4 Å². The lowest BCUT2D eigenvalue weighted by atomic mass is 9.85. The number of fused-ring (bicyclic) bond motifs is 1. The van der Waals surface area contributed by atoms with Crippen molar-refractivity contribution in [2.45, 2.75) is 58.0 Å². The van der Waals surface area contributed by atoms with E-state index in [1.54, 1.807) is 32.9 Å². The molecule has 2 aromatic carbocycles. The Morgan fingerprint density at radius 1 is 1.10 bits per heavy atom. The molecular formula is C23H27NO6. The number of alkyl carbamates (subject to hydrolysis) is 1. The highest BCUT2D eigenvalue weighted by molar-refractivity contribution is 5.69. The van der Waals surface area contributed by atoms with E-state index in [4.69, 9.17) is 14.2 Å². The quantitative estimate of drug-likeness (QED) is 0.710. The van der Waals surface area contributed by atoms with Gasteiger partial charge in [0.1, 0.15) is 24.1 Å². The van der Waals surface area contributed by atoms with Gasteiger partial charge in [0.05, 0.1) is 6.04 Å². The average Bonchev–Trinajstić information content (AvgIpc) is 2.67. The molecule has 30 heavy (non-hydrogen) atoms. The van der Waals surface area contributed by atoms with Crippen LogP contribution in [0.5, 0.6) is 5.75 Å². The summed E-state index contributed by atoms with van der Waals surface area (Å²) in [5, 5.41) is 13.2. The summed E-state index contributed by atoms with van der Waals surface area (Å²) >= 11 is 0. The molecule has 7 heteroatoms. The topological polar surface area (TPSA) is 94.1 Å². The summed E-state index contributed by atoms with van der Waals surface area (Å²) in [7, 11) is 0. The number of hydrogen-bond acceptors (Lipinski definition) is 6. The lowest BCUT2D eigenvalue weighted by Gasteiger charge is -2.34. The van der Waals surface area contributed by atoms with Gasteiger partial charge in [-0.25, -0.2) is 9.59 Å². The number of phenolic OH excluding ortho intramolecular Hbond substituents is 1. The Bertz CT molecular complexity index is 890. The van der Waals surface area contributed by atoms with Gasteiger partial charge in [-0.3, -0.25) is 0 Å². The van der Waals surface area contributed by atoms with Gasteiger partial charge in [-0.05, 0) is 50.8 Å². The van der Waals surface area contributed by atoms with Crippen LogP contribution in [0.1, 0.15) is 49.9 Å². The third-order valence-electron chi connectivity index (χ3n) is 4.67. The predicted octanol–water partition coefficient (Wildman–Crippen LogP) is 4.63. The number of ether oxygens (including phenoxy) is 3. The van der Waals surface area contributed by atoms with E-state index in [2.05, 4.69) is 5.32 Å². The second-order valence-electron chi connectivity index (χ2n) is 8.19. The molecular weight excluding hydrogens is 386 g/mol. The molecule has 1 aliphatic carbocycles. The van der Waals surface area contributed by atoms with E-state index >= 15 is 0 Å². The first-order chi connectivity index (χ1) is 14.2. The average molecular weight is 413 g/mol. The van der Waals surface area contributed by atoms with Gasteiger partial charge in [0, 0.05) is 5.56 Å². The summed E-state index contributed by atoms with van der Waals surface area (Å²) in [4.78, 5) is 24.7. The van der Waals surface area contributed by atoms with Crippen LogP contribution in [0.3, 0.4) is 0 Å². The Labute approximate surface area is 176 Å². The van der Waals surface area contributed by atoms with Gasteiger partial charge in [-0.2, -0.15) is 0 Å². The lowest BCUT2D eigenvalue weighted by molar-refractivity contribution is -0.00464. The number of phenols is 1. The van der Waals surface area contributed by atoms with Crippen LogP contribution < -0.4 is 5.32 Å². The molecule has 0 bridgehead atoms. The van der Waals surface area contributed by atoms with Gasteiger partial charge in [0.2, 0.25) is 0 Å². The molecule has 7 nitrogen and oxygen atoms in total. The van der Waals surface area contributed by atoms with E-state index in [9.17, 15) is 14.7 Å². The maximum absolute atomic E-state index is 12.4. The summed E-state index contributed by atoms with van der Waals surface area (Å²) < 4.78 is 16.1. The van der Waals surface area contributed by atoms with Crippen molar-refractivity contribution >= 4 is 12.2 Å². The minimum absolute atomic E-state index is 0.0273. The molecule has 0 saturated carbocycles. The van der Waals surface area contributed by atoms with Gasteiger partial charge in [0.15, 0.2) is 0 Å². The number of carbonyl (C=O) groups is 2. The second kappa shape index (κ2) is 9.07. The maximum atomic E-state index is 12.4. The molecule has 1 amide bonds. The predicted molar refractivity (Wildman–Crippen MR) is 110 cm³/mol. The summed E-state index contributed by atoms with van der Waals surface area (Å²) in [6, 6.07) is 13.7. The number of nitrogens with one attached hydrogen (secondary N) is 1. The fourth-order valence-corrected chi connectivity index (χ4v) is 3.43. The van der Waals surface area contributed by atoms with E-state index in [1.807, 2.05) is 36.4 Å². The van der Waals surface area contributed by atoms with Crippen molar-refractivity contribution in [3.8, 4) is 5.75 Å². The monoisotopic (exact) mass is 413 g/mol. The number of carbonyl (C=O) groups excluding carboxylic acids is 2. The molecule has 0 aliphatic heterocycles. The van der Waals surface area contributed by atoms with Crippen LogP contribution in [0.4, 0.5) is 9.59 Å². The number of hydrogen-bond donors (Lipinski definition) is 2. The zero-order valence-corrected chi connectivity index (χ0v) is 17.4. The fourth-order valence-electron chi connectivity index (χ4n) is 3.43. The number of aryl methyl sites for hydroxylation is 1. The van der Waals surface area contributed by atoms with Crippen molar-refractivity contribution in [3.05, 3.63) is 65.2 Å². The minimum atomic E-state index is -0.835. The highest BCUT2D eigenvalue weighted by Gasteiger charge is 2.37. The van der Waals surface area contributed by atoms with Crippen LogP contribution in [0.15, 0.2) is 48.5 Å². The van der Waals surface area contributed by atoms with E-state index in [1.165, 1.54) is 0 Å². The minimum Gasteiger partial charge on any atom is -0.508 e. The number of amides is 1. The first-order valence-electron chi connectivity index (χ1n) is 9.90. The van der Waals surface area contributed by atoms with Crippen molar-refractivity contribution in [2.24, 2.45) is 0 Å².